The fraction of sp³-hybridized carbons (Fsp3) is 1.00. The van der Waals surface area contributed by atoms with Gasteiger partial charge < -0.3 is 9.84 Å². The highest BCUT2D eigenvalue weighted by molar-refractivity contribution is 4.94. The van der Waals surface area contributed by atoms with E-state index in [9.17, 15) is 5.11 Å². The second-order valence-corrected chi connectivity index (χ2v) is 4.51. The quantitative estimate of drug-likeness (QED) is 0.645. The summed E-state index contributed by atoms with van der Waals surface area (Å²) in [6.07, 6.45) is 2.58. The van der Waals surface area contributed by atoms with Crippen LogP contribution in [0.25, 0.3) is 0 Å². The lowest BCUT2D eigenvalue weighted by Gasteiger charge is -2.21. The van der Waals surface area contributed by atoms with Gasteiger partial charge in [-0.1, -0.05) is 13.8 Å². The summed E-state index contributed by atoms with van der Waals surface area (Å²) in [7, 11) is 0. The van der Waals surface area contributed by atoms with Crippen molar-refractivity contribution in [2.75, 3.05) is 6.61 Å². The van der Waals surface area contributed by atoms with Gasteiger partial charge in [0.1, 0.15) is 0 Å². The summed E-state index contributed by atoms with van der Waals surface area (Å²) in [5, 5.41) is 9.57. The molecule has 1 aliphatic carbocycles. The van der Waals surface area contributed by atoms with E-state index in [2.05, 4.69) is 13.8 Å². The number of ether oxygens (including phenoxy) is 1. The molecule has 4 atom stereocenters. The fourth-order valence-electron chi connectivity index (χ4n) is 2.74. The standard InChI is InChI=1S/C10H18O2/c1-6(2)7-3-4-8-9(11)5-12-10(7)8/h6-11H,3-5H2,1-2H3/t7-,8+,9+,10+/m0/s1. The van der Waals surface area contributed by atoms with E-state index < -0.39 is 0 Å². The zero-order chi connectivity index (χ0) is 8.72. The molecule has 1 saturated heterocycles. The van der Waals surface area contributed by atoms with Crippen LogP contribution in [0.15, 0.2) is 0 Å². The van der Waals surface area contributed by atoms with Crippen LogP contribution in [0.1, 0.15) is 26.7 Å². The Labute approximate surface area is 73.9 Å². The van der Waals surface area contributed by atoms with Crippen LogP contribution in [-0.2, 0) is 4.74 Å². The van der Waals surface area contributed by atoms with Crippen molar-refractivity contribution in [1.29, 1.82) is 0 Å². The van der Waals surface area contributed by atoms with Crippen LogP contribution in [0.3, 0.4) is 0 Å². The SMILES string of the molecule is CC(C)[C@@H]1CC[C@H]2[C@@H]1OC[C@H]2O. The Balaban J connectivity index is 2.05. The normalized spacial score (nSPS) is 47.0. The molecular weight excluding hydrogens is 152 g/mol. The van der Waals surface area contributed by atoms with Crippen LogP contribution in [0.5, 0.6) is 0 Å². The molecule has 0 unspecified atom stereocenters. The lowest BCUT2D eigenvalue weighted by Crippen LogP contribution is -2.24. The predicted molar refractivity (Wildman–Crippen MR) is 46.8 cm³/mol. The third-order valence-corrected chi connectivity index (χ3v) is 3.49. The Morgan fingerprint density at radius 3 is 2.75 bits per heavy atom. The monoisotopic (exact) mass is 170 g/mol. The van der Waals surface area contributed by atoms with Gasteiger partial charge in [-0.2, -0.15) is 0 Å². The maximum Gasteiger partial charge on any atom is 0.0826 e. The molecule has 2 nitrogen and oxygen atoms in total. The van der Waals surface area contributed by atoms with Gasteiger partial charge in [0.05, 0.1) is 18.8 Å². The van der Waals surface area contributed by atoms with E-state index in [4.69, 9.17) is 4.74 Å². The molecule has 0 spiro atoms. The summed E-state index contributed by atoms with van der Waals surface area (Å²) in [5.74, 6) is 1.83. The fourth-order valence-corrected chi connectivity index (χ4v) is 2.74. The van der Waals surface area contributed by atoms with Gasteiger partial charge in [-0.05, 0) is 24.7 Å². The average molecular weight is 170 g/mol. The minimum Gasteiger partial charge on any atom is -0.390 e. The number of hydrogen-bond acceptors (Lipinski definition) is 2. The van der Waals surface area contributed by atoms with E-state index in [1.807, 2.05) is 0 Å². The largest absolute Gasteiger partial charge is 0.390 e. The zero-order valence-corrected chi connectivity index (χ0v) is 7.86. The average Bonchev–Trinajstić information content (AvgIpc) is 2.53. The van der Waals surface area contributed by atoms with Crippen LogP contribution in [0, 0.1) is 17.8 Å². The minimum atomic E-state index is -0.182. The van der Waals surface area contributed by atoms with Crippen molar-refractivity contribution in [2.45, 2.75) is 38.9 Å². The van der Waals surface area contributed by atoms with Gasteiger partial charge in [0, 0.05) is 5.92 Å². The lowest BCUT2D eigenvalue weighted by molar-refractivity contribution is 0.0442. The van der Waals surface area contributed by atoms with Gasteiger partial charge >= 0.3 is 0 Å². The van der Waals surface area contributed by atoms with Crippen LogP contribution in [-0.4, -0.2) is 23.9 Å². The number of aliphatic hydroxyl groups is 1. The third-order valence-electron chi connectivity index (χ3n) is 3.49. The molecule has 0 aromatic carbocycles. The highest BCUT2D eigenvalue weighted by atomic mass is 16.5. The van der Waals surface area contributed by atoms with Gasteiger partial charge in [-0.3, -0.25) is 0 Å². The summed E-state index contributed by atoms with van der Waals surface area (Å²) >= 11 is 0. The maximum absolute atomic E-state index is 9.57. The van der Waals surface area contributed by atoms with Gasteiger partial charge in [0.2, 0.25) is 0 Å². The molecule has 2 fully saturated rings. The second-order valence-electron chi connectivity index (χ2n) is 4.51. The Kier molecular flexibility index (Phi) is 2.13. The second kappa shape index (κ2) is 3.00. The number of aliphatic hydroxyl groups excluding tert-OH is 1. The Morgan fingerprint density at radius 1 is 1.33 bits per heavy atom. The first-order valence-corrected chi connectivity index (χ1v) is 5.00. The molecule has 0 radical (unpaired) electrons. The molecule has 1 aliphatic heterocycles. The van der Waals surface area contributed by atoms with Crippen molar-refractivity contribution in [3.8, 4) is 0 Å². The van der Waals surface area contributed by atoms with E-state index in [1.165, 1.54) is 6.42 Å². The first-order chi connectivity index (χ1) is 5.70. The van der Waals surface area contributed by atoms with Crippen molar-refractivity contribution in [3.05, 3.63) is 0 Å². The molecule has 0 amide bonds. The summed E-state index contributed by atoms with van der Waals surface area (Å²) in [4.78, 5) is 0. The molecular formula is C10H18O2. The molecule has 0 bridgehead atoms. The van der Waals surface area contributed by atoms with E-state index in [1.54, 1.807) is 0 Å². The molecule has 70 valence electrons. The number of fused-ring (bicyclic) bond motifs is 1. The van der Waals surface area contributed by atoms with Gasteiger partial charge in [0.25, 0.3) is 0 Å². The highest BCUT2D eigenvalue weighted by Gasteiger charge is 2.46. The van der Waals surface area contributed by atoms with E-state index in [0.29, 0.717) is 30.5 Å². The molecule has 2 rings (SSSR count). The third kappa shape index (κ3) is 1.17. The topological polar surface area (TPSA) is 29.5 Å². The Morgan fingerprint density at radius 2 is 2.08 bits per heavy atom. The van der Waals surface area contributed by atoms with Crippen molar-refractivity contribution < 1.29 is 9.84 Å². The van der Waals surface area contributed by atoms with Crippen molar-refractivity contribution >= 4 is 0 Å². The molecule has 2 aliphatic rings. The maximum atomic E-state index is 9.57. The Bertz CT molecular complexity index is 167. The summed E-state index contributed by atoms with van der Waals surface area (Å²) < 4.78 is 5.61. The summed E-state index contributed by atoms with van der Waals surface area (Å²) in [5.41, 5.74) is 0. The predicted octanol–water partition coefficient (Wildman–Crippen LogP) is 1.43. The van der Waals surface area contributed by atoms with Crippen LogP contribution in [0.4, 0.5) is 0 Å². The van der Waals surface area contributed by atoms with Crippen LogP contribution >= 0.6 is 0 Å². The van der Waals surface area contributed by atoms with Crippen molar-refractivity contribution in [1.82, 2.24) is 0 Å². The molecule has 1 N–H and O–H groups in total. The molecule has 1 heterocycles. The smallest absolute Gasteiger partial charge is 0.0826 e. The van der Waals surface area contributed by atoms with E-state index >= 15 is 0 Å². The van der Waals surface area contributed by atoms with Gasteiger partial charge in [-0.25, -0.2) is 0 Å². The minimum absolute atomic E-state index is 0.182. The van der Waals surface area contributed by atoms with Crippen LogP contribution in [0.2, 0.25) is 0 Å². The first-order valence-electron chi connectivity index (χ1n) is 5.00. The molecule has 0 aromatic rings. The first kappa shape index (κ1) is 8.52. The number of hydrogen-bond donors (Lipinski definition) is 1. The number of rotatable bonds is 1. The summed E-state index contributed by atoms with van der Waals surface area (Å²) in [6, 6.07) is 0. The van der Waals surface area contributed by atoms with Crippen molar-refractivity contribution in [2.24, 2.45) is 17.8 Å². The zero-order valence-electron chi connectivity index (χ0n) is 7.86. The molecule has 12 heavy (non-hydrogen) atoms. The molecule has 0 aromatic heterocycles. The lowest BCUT2D eigenvalue weighted by atomic mass is 9.90. The van der Waals surface area contributed by atoms with Gasteiger partial charge in [-0.15, -0.1) is 0 Å². The summed E-state index contributed by atoms with van der Waals surface area (Å²) in [6.45, 7) is 5.07. The Hall–Kier alpha value is -0.0800. The van der Waals surface area contributed by atoms with Gasteiger partial charge in [0.15, 0.2) is 0 Å². The molecule has 2 heteroatoms. The highest BCUT2D eigenvalue weighted by Crippen LogP contribution is 2.43. The molecule has 1 saturated carbocycles. The van der Waals surface area contributed by atoms with Crippen LogP contribution < -0.4 is 0 Å². The van der Waals surface area contributed by atoms with Crippen molar-refractivity contribution in [3.63, 3.8) is 0 Å². The van der Waals surface area contributed by atoms with E-state index in [-0.39, 0.29) is 6.10 Å². The van der Waals surface area contributed by atoms with E-state index in [0.717, 1.165) is 6.42 Å².